The monoisotopic (exact) mass is 304 g/mol. The van der Waals surface area contributed by atoms with Crippen LogP contribution in [0.2, 0.25) is 0 Å². The van der Waals surface area contributed by atoms with Crippen LogP contribution in [0.1, 0.15) is 31.9 Å². The van der Waals surface area contributed by atoms with E-state index in [0.717, 1.165) is 19.6 Å². The minimum absolute atomic E-state index is 0.336. The van der Waals surface area contributed by atoms with E-state index in [2.05, 4.69) is 66.9 Å². The second kappa shape index (κ2) is 7.95. The first-order valence-corrected chi connectivity index (χ1v) is 8.52. The summed E-state index contributed by atoms with van der Waals surface area (Å²) in [5, 5.41) is 0. The zero-order valence-electron chi connectivity index (χ0n) is 14.6. The Morgan fingerprint density at radius 1 is 1.23 bits per heavy atom. The lowest BCUT2D eigenvalue weighted by Gasteiger charge is -2.43. The summed E-state index contributed by atoms with van der Waals surface area (Å²) in [6.45, 7) is 9.86. The van der Waals surface area contributed by atoms with Crippen molar-refractivity contribution in [2.75, 3.05) is 51.7 Å². The molecule has 0 bridgehead atoms. The van der Waals surface area contributed by atoms with Gasteiger partial charge in [-0.2, -0.15) is 0 Å². The second-order valence-corrected chi connectivity index (χ2v) is 6.62. The molecule has 0 amide bonds. The third-order valence-corrected chi connectivity index (χ3v) is 4.77. The van der Waals surface area contributed by atoms with Crippen molar-refractivity contribution < 1.29 is 0 Å². The first-order valence-electron chi connectivity index (χ1n) is 8.52. The number of hydrogen-bond acceptors (Lipinski definition) is 4. The van der Waals surface area contributed by atoms with Gasteiger partial charge in [0.15, 0.2) is 0 Å². The molecule has 1 aliphatic rings. The molecule has 2 N–H and O–H groups in total. The quantitative estimate of drug-likeness (QED) is 0.874. The van der Waals surface area contributed by atoms with Crippen molar-refractivity contribution in [3.05, 3.63) is 29.8 Å². The van der Waals surface area contributed by atoms with Gasteiger partial charge in [-0.1, -0.05) is 19.1 Å². The molecule has 1 heterocycles. The van der Waals surface area contributed by atoms with Crippen LogP contribution in [-0.2, 0) is 0 Å². The molecule has 0 aromatic heterocycles. The van der Waals surface area contributed by atoms with Gasteiger partial charge in [-0.05, 0) is 37.6 Å². The van der Waals surface area contributed by atoms with Gasteiger partial charge < -0.3 is 10.6 Å². The van der Waals surface area contributed by atoms with Gasteiger partial charge >= 0.3 is 0 Å². The maximum absolute atomic E-state index is 6.11. The predicted molar refractivity (Wildman–Crippen MR) is 95.5 cm³/mol. The molecule has 0 radical (unpaired) electrons. The highest BCUT2D eigenvalue weighted by Gasteiger charge is 2.28. The van der Waals surface area contributed by atoms with E-state index in [1.807, 2.05) is 0 Å². The molecule has 1 fully saturated rings. The molecule has 4 heteroatoms. The fraction of sp³-hybridized carbons (Fsp3) is 0.667. The summed E-state index contributed by atoms with van der Waals surface area (Å²) in [7, 11) is 4.15. The Bertz CT molecular complexity index is 443. The van der Waals surface area contributed by atoms with Gasteiger partial charge in [0.2, 0.25) is 0 Å². The zero-order chi connectivity index (χ0) is 16.1. The van der Waals surface area contributed by atoms with Crippen molar-refractivity contribution in [1.82, 2.24) is 9.80 Å². The van der Waals surface area contributed by atoms with Crippen LogP contribution in [0.25, 0.3) is 0 Å². The van der Waals surface area contributed by atoms with Crippen LogP contribution < -0.4 is 10.6 Å². The van der Waals surface area contributed by atoms with Gasteiger partial charge in [0.1, 0.15) is 0 Å². The molecule has 0 spiro atoms. The highest BCUT2D eigenvalue weighted by atomic mass is 15.3. The van der Waals surface area contributed by atoms with Crippen molar-refractivity contribution in [2.45, 2.75) is 32.4 Å². The SMILES string of the molecule is CCCN1CCN(C(CN)c2ccc(N(C)C)cc2)CC1C. The summed E-state index contributed by atoms with van der Waals surface area (Å²) < 4.78 is 0. The lowest BCUT2D eigenvalue weighted by molar-refractivity contribution is 0.0572. The summed E-state index contributed by atoms with van der Waals surface area (Å²) in [5.74, 6) is 0. The minimum Gasteiger partial charge on any atom is -0.378 e. The summed E-state index contributed by atoms with van der Waals surface area (Å²) >= 11 is 0. The average molecular weight is 304 g/mol. The van der Waals surface area contributed by atoms with E-state index in [0.29, 0.717) is 18.6 Å². The van der Waals surface area contributed by atoms with Crippen LogP contribution in [-0.4, -0.2) is 62.7 Å². The van der Waals surface area contributed by atoms with E-state index >= 15 is 0 Å². The molecular formula is C18H32N4. The minimum atomic E-state index is 0.336. The third-order valence-electron chi connectivity index (χ3n) is 4.77. The summed E-state index contributed by atoms with van der Waals surface area (Å²) in [5.41, 5.74) is 8.68. The number of benzene rings is 1. The van der Waals surface area contributed by atoms with Gasteiger partial charge in [-0.15, -0.1) is 0 Å². The molecular weight excluding hydrogens is 272 g/mol. The predicted octanol–water partition coefficient (Wildman–Crippen LogP) is 2.17. The highest BCUT2D eigenvalue weighted by molar-refractivity contribution is 5.46. The number of nitrogens with two attached hydrogens (primary N) is 1. The smallest absolute Gasteiger partial charge is 0.0471 e. The molecule has 124 valence electrons. The van der Waals surface area contributed by atoms with Gasteiger partial charge in [-0.25, -0.2) is 0 Å². The second-order valence-electron chi connectivity index (χ2n) is 6.62. The van der Waals surface area contributed by atoms with E-state index in [1.165, 1.54) is 24.2 Å². The van der Waals surface area contributed by atoms with E-state index in [9.17, 15) is 0 Å². The summed E-state index contributed by atoms with van der Waals surface area (Å²) in [4.78, 5) is 7.29. The van der Waals surface area contributed by atoms with E-state index in [4.69, 9.17) is 5.73 Å². The Morgan fingerprint density at radius 3 is 2.41 bits per heavy atom. The van der Waals surface area contributed by atoms with E-state index in [1.54, 1.807) is 0 Å². The molecule has 2 rings (SSSR count). The molecule has 1 aromatic rings. The highest BCUT2D eigenvalue weighted by Crippen LogP contribution is 2.25. The summed E-state index contributed by atoms with van der Waals surface area (Å²) in [6, 6.07) is 9.79. The molecule has 2 unspecified atom stereocenters. The zero-order valence-corrected chi connectivity index (χ0v) is 14.6. The van der Waals surface area contributed by atoms with Crippen molar-refractivity contribution >= 4 is 5.69 Å². The Morgan fingerprint density at radius 2 is 1.91 bits per heavy atom. The number of piperazine rings is 1. The fourth-order valence-corrected chi connectivity index (χ4v) is 3.42. The molecule has 0 aliphatic carbocycles. The van der Waals surface area contributed by atoms with Crippen LogP contribution in [0.3, 0.4) is 0 Å². The van der Waals surface area contributed by atoms with Crippen LogP contribution in [0.5, 0.6) is 0 Å². The molecule has 2 atom stereocenters. The molecule has 1 saturated heterocycles. The first-order chi connectivity index (χ1) is 10.6. The van der Waals surface area contributed by atoms with Crippen molar-refractivity contribution in [3.63, 3.8) is 0 Å². The Hall–Kier alpha value is -1.10. The number of anilines is 1. The van der Waals surface area contributed by atoms with Crippen molar-refractivity contribution in [3.8, 4) is 0 Å². The maximum atomic E-state index is 6.11. The molecule has 1 aliphatic heterocycles. The van der Waals surface area contributed by atoms with Crippen LogP contribution in [0, 0.1) is 0 Å². The molecule has 4 nitrogen and oxygen atoms in total. The lowest BCUT2D eigenvalue weighted by atomic mass is 10.0. The number of hydrogen-bond donors (Lipinski definition) is 1. The van der Waals surface area contributed by atoms with Crippen LogP contribution in [0.15, 0.2) is 24.3 Å². The number of nitrogens with zero attached hydrogens (tertiary/aromatic N) is 3. The Kier molecular flexibility index (Phi) is 6.24. The topological polar surface area (TPSA) is 35.7 Å². The standard InChI is InChI=1S/C18H32N4/c1-5-10-21-11-12-22(14-15(21)2)18(13-19)16-6-8-17(9-7-16)20(3)4/h6-9,15,18H,5,10-14,19H2,1-4H3. The van der Waals surface area contributed by atoms with Gasteiger partial charge in [0.05, 0.1) is 0 Å². The molecule has 1 aromatic carbocycles. The van der Waals surface area contributed by atoms with E-state index < -0.39 is 0 Å². The van der Waals surface area contributed by atoms with Crippen molar-refractivity contribution in [2.24, 2.45) is 5.73 Å². The maximum Gasteiger partial charge on any atom is 0.0471 e. The van der Waals surface area contributed by atoms with Gasteiger partial charge in [0.25, 0.3) is 0 Å². The summed E-state index contributed by atoms with van der Waals surface area (Å²) in [6.07, 6.45) is 1.23. The van der Waals surface area contributed by atoms with Gasteiger partial charge in [-0.3, -0.25) is 9.80 Å². The number of rotatable bonds is 6. The molecule has 0 saturated carbocycles. The Balaban J connectivity index is 2.05. The van der Waals surface area contributed by atoms with Crippen LogP contribution in [0.4, 0.5) is 5.69 Å². The average Bonchev–Trinajstić information content (AvgIpc) is 2.51. The molecule has 22 heavy (non-hydrogen) atoms. The van der Waals surface area contributed by atoms with Gasteiger partial charge in [0, 0.05) is 58.0 Å². The van der Waals surface area contributed by atoms with Crippen molar-refractivity contribution in [1.29, 1.82) is 0 Å². The fourth-order valence-electron chi connectivity index (χ4n) is 3.42. The third kappa shape index (κ3) is 4.00. The van der Waals surface area contributed by atoms with Crippen LogP contribution >= 0.6 is 0 Å². The van der Waals surface area contributed by atoms with E-state index in [-0.39, 0.29) is 0 Å². The largest absolute Gasteiger partial charge is 0.378 e. The lowest BCUT2D eigenvalue weighted by Crippen LogP contribution is -2.53. The first kappa shape index (κ1) is 17.3. The Labute approximate surface area is 135 Å². The normalized spacial score (nSPS) is 21.8.